The summed E-state index contributed by atoms with van der Waals surface area (Å²) in [5.74, 6) is -1.05. The van der Waals surface area contributed by atoms with Crippen molar-refractivity contribution in [1.29, 1.82) is 0 Å². The van der Waals surface area contributed by atoms with Gasteiger partial charge >= 0.3 is 0 Å². The summed E-state index contributed by atoms with van der Waals surface area (Å²) in [5.41, 5.74) is -0.161. The first-order chi connectivity index (χ1) is 9.40. The molecule has 1 fully saturated rings. The van der Waals surface area contributed by atoms with Gasteiger partial charge in [0.15, 0.2) is 0 Å². The largest absolute Gasteiger partial charge is 0.326 e. The lowest BCUT2D eigenvalue weighted by molar-refractivity contribution is -0.121. The summed E-state index contributed by atoms with van der Waals surface area (Å²) in [4.78, 5) is 23.2. The average Bonchev–Trinajstić information content (AvgIpc) is 2.81. The number of hydrogen-bond donors (Lipinski definition) is 3. The summed E-state index contributed by atoms with van der Waals surface area (Å²) in [6, 6.07) is 4.07. The molecule has 0 aliphatic carbocycles. The van der Waals surface area contributed by atoms with Crippen molar-refractivity contribution < 1.29 is 14.0 Å². The van der Waals surface area contributed by atoms with Crippen LogP contribution in [0.25, 0.3) is 0 Å². The van der Waals surface area contributed by atoms with Crippen molar-refractivity contribution in [3.8, 4) is 0 Å². The molecule has 2 rings (SSSR count). The van der Waals surface area contributed by atoms with E-state index in [1.807, 2.05) is 0 Å². The minimum absolute atomic E-state index is 0.0659. The van der Waals surface area contributed by atoms with Crippen LogP contribution in [0.4, 0.5) is 15.8 Å². The van der Waals surface area contributed by atoms with Crippen molar-refractivity contribution in [2.75, 3.05) is 17.2 Å². The Morgan fingerprint density at radius 3 is 2.70 bits per heavy atom. The highest BCUT2D eigenvalue weighted by atomic mass is 19.1. The molecule has 1 aromatic rings. The summed E-state index contributed by atoms with van der Waals surface area (Å²) in [7, 11) is 0. The van der Waals surface area contributed by atoms with Gasteiger partial charge in [0, 0.05) is 12.6 Å². The Labute approximate surface area is 116 Å². The number of carbonyl (C=O) groups excluding carboxylic acids is 2. The van der Waals surface area contributed by atoms with Crippen LogP contribution in [-0.2, 0) is 9.59 Å². The Balaban J connectivity index is 2.15. The van der Waals surface area contributed by atoms with E-state index in [-0.39, 0.29) is 17.5 Å². The zero-order chi connectivity index (χ0) is 14.8. The lowest BCUT2D eigenvalue weighted by atomic mass is 9.99. The molecule has 1 atom stereocenters. The molecule has 0 saturated carbocycles. The van der Waals surface area contributed by atoms with Crippen LogP contribution in [0.15, 0.2) is 18.2 Å². The van der Waals surface area contributed by atoms with E-state index in [4.69, 9.17) is 0 Å². The standard InChI is InChI=1S/C14H18FN3O2/c1-9(19)17-10-4-5-11(15)12(8-10)18-13(20)14(2)6-3-7-16-14/h4-5,8,16H,3,6-7H2,1-2H3,(H,17,19)(H,18,20). The highest BCUT2D eigenvalue weighted by molar-refractivity contribution is 5.99. The van der Waals surface area contributed by atoms with Crippen LogP contribution in [0.3, 0.4) is 0 Å². The summed E-state index contributed by atoms with van der Waals surface area (Å²) in [5, 5.41) is 8.25. The van der Waals surface area contributed by atoms with E-state index < -0.39 is 11.4 Å². The molecule has 108 valence electrons. The smallest absolute Gasteiger partial charge is 0.244 e. The molecule has 1 aliphatic rings. The lowest BCUT2D eigenvalue weighted by Gasteiger charge is -2.23. The number of anilines is 2. The lowest BCUT2D eigenvalue weighted by Crippen LogP contribution is -2.48. The third-order valence-corrected chi connectivity index (χ3v) is 3.40. The minimum Gasteiger partial charge on any atom is -0.326 e. The normalized spacial score (nSPS) is 21.6. The van der Waals surface area contributed by atoms with Crippen LogP contribution < -0.4 is 16.0 Å². The van der Waals surface area contributed by atoms with E-state index in [1.165, 1.54) is 25.1 Å². The van der Waals surface area contributed by atoms with E-state index in [1.54, 1.807) is 6.92 Å². The van der Waals surface area contributed by atoms with E-state index in [0.717, 1.165) is 13.0 Å². The van der Waals surface area contributed by atoms with Crippen molar-refractivity contribution in [2.45, 2.75) is 32.2 Å². The molecule has 5 nitrogen and oxygen atoms in total. The van der Waals surface area contributed by atoms with E-state index in [2.05, 4.69) is 16.0 Å². The fourth-order valence-electron chi connectivity index (χ4n) is 2.25. The molecule has 1 aliphatic heterocycles. The predicted octanol–water partition coefficient (Wildman–Crippen LogP) is 1.86. The van der Waals surface area contributed by atoms with Gasteiger partial charge in [0.2, 0.25) is 11.8 Å². The molecule has 0 aromatic heterocycles. The molecule has 0 spiro atoms. The first-order valence-corrected chi connectivity index (χ1v) is 6.54. The van der Waals surface area contributed by atoms with Crippen LogP contribution >= 0.6 is 0 Å². The second-order valence-corrected chi connectivity index (χ2v) is 5.19. The Bertz CT molecular complexity index is 539. The van der Waals surface area contributed by atoms with E-state index >= 15 is 0 Å². The predicted molar refractivity (Wildman–Crippen MR) is 75.0 cm³/mol. The van der Waals surface area contributed by atoms with Crippen molar-refractivity contribution >= 4 is 23.2 Å². The van der Waals surface area contributed by atoms with Gasteiger partial charge < -0.3 is 16.0 Å². The first kappa shape index (κ1) is 14.5. The second kappa shape index (κ2) is 5.58. The van der Waals surface area contributed by atoms with Crippen LogP contribution in [0.2, 0.25) is 0 Å². The number of benzene rings is 1. The number of halogens is 1. The highest BCUT2D eigenvalue weighted by Crippen LogP contribution is 2.24. The highest BCUT2D eigenvalue weighted by Gasteiger charge is 2.36. The van der Waals surface area contributed by atoms with Gasteiger partial charge in [-0.05, 0) is 44.5 Å². The minimum atomic E-state index is -0.670. The maximum Gasteiger partial charge on any atom is 0.244 e. The summed E-state index contributed by atoms with van der Waals surface area (Å²) in [6.07, 6.45) is 1.63. The number of hydrogen-bond acceptors (Lipinski definition) is 3. The van der Waals surface area contributed by atoms with Gasteiger partial charge in [0.25, 0.3) is 0 Å². The summed E-state index contributed by atoms with van der Waals surface area (Å²) < 4.78 is 13.7. The molecular formula is C14H18FN3O2. The van der Waals surface area contributed by atoms with E-state index in [9.17, 15) is 14.0 Å². The average molecular weight is 279 g/mol. The number of carbonyl (C=O) groups is 2. The van der Waals surface area contributed by atoms with Crippen LogP contribution in [0.5, 0.6) is 0 Å². The monoisotopic (exact) mass is 279 g/mol. The van der Waals surface area contributed by atoms with Crippen molar-refractivity contribution in [2.24, 2.45) is 0 Å². The third kappa shape index (κ3) is 3.14. The fourth-order valence-corrected chi connectivity index (χ4v) is 2.25. The van der Waals surface area contributed by atoms with Crippen LogP contribution in [0, 0.1) is 5.82 Å². The molecule has 20 heavy (non-hydrogen) atoms. The van der Waals surface area contributed by atoms with Gasteiger partial charge in [-0.1, -0.05) is 0 Å². The fraction of sp³-hybridized carbons (Fsp3) is 0.429. The Hall–Kier alpha value is -1.95. The van der Waals surface area contributed by atoms with Gasteiger partial charge in [0.1, 0.15) is 5.82 Å². The SMILES string of the molecule is CC(=O)Nc1ccc(F)c(NC(=O)C2(C)CCCN2)c1. The third-order valence-electron chi connectivity index (χ3n) is 3.40. The van der Waals surface area contributed by atoms with Crippen LogP contribution in [0.1, 0.15) is 26.7 Å². The van der Waals surface area contributed by atoms with Gasteiger partial charge in [0.05, 0.1) is 11.2 Å². The zero-order valence-corrected chi connectivity index (χ0v) is 11.5. The molecule has 1 heterocycles. The van der Waals surface area contributed by atoms with Crippen molar-refractivity contribution in [3.63, 3.8) is 0 Å². The van der Waals surface area contributed by atoms with E-state index in [0.29, 0.717) is 12.1 Å². The molecule has 1 saturated heterocycles. The van der Waals surface area contributed by atoms with Gasteiger partial charge in [-0.25, -0.2) is 4.39 Å². The summed E-state index contributed by atoms with van der Waals surface area (Å²) in [6.45, 7) is 3.94. The van der Waals surface area contributed by atoms with Gasteiger partial charge in [-0.15, -0.1) is 0 Å². The Morgan fingerprint density at radius 1 is 1.35 bits per heavy atom. The van der Waals surface area contributed by atoms with Crippen molar-refractivity contribution in [3.05, 3.63) is 24.0 Å². The quantitative estimate of drug-likeness (QED) is 0.791. The molecular weight excluding hydrogens is 261 g/mol. The number of amides is 2. The number of nitrogens with one attached hydrogen (secondary N) is 3. The molecule has 1 aromatic carbocycles. The maximum absolute atomic E-state index is 13.7. The second-order valence-electron chi connectivity index (χ2n) is 5.19. The maximum atomic E-state index is 13.7. The van der Waals surface area contributed by atoms with Crippen molar-refractivity contribution in [1.82, 2.24) is 5.32 Å². The van der Waals surface area contributed by atoms with Gasteiger partial charge in [-0.3, -0.25) is 9.59 Å². The number of rotatable bonds is 3. The topological polar surface area (TPSA) is 70.2 Å². The molecule has 3 N–H and O–H groups in total. The Morgan fingerprint density at radius 2 is 2.10 bits per heavy atom. The Kier molecular flexibility index (Phi) is 4.04. The molecule has 0 radical (unpaired) electrons. The molecule has 0 bridgehead atoms. The molecule has 1 unspecified atom stereocenters. The van der Waals surface area contributed by atoms with Crippen LogP contribution in [-0.4, -0.2) is 23.9 Å². The molecule has 2 amide bonds. The first-order valence-electron chi connectivity index (χ1n) is 6.54. The summed E-state index contributed by atoms with van der Waals surface area (Å²) >= 11 is 0. The zero-order valence-electron chi connectivity index (χ0n) is 11.5. The molecule has 6 heteroatoms. The van der Waals surface area contributed by atoms with Gasteiger partial charge in [-0.2, -0.15) is 0 Å².